The summed E-state index contributed by atoms with van der Waals surface area (Å²) in [5, 5.41) is 10.7. The lowest BCUT2D eigenvalue weighted by atomic mass is 9.92. The smallest absolute Gasteiger partial charge is 0.281 e. The quantitative estimate of drug-likeness (QED) is 0.660. The lowest BCUT2D eigenvalue weighted by molar-refractivity contribution is 0.0950. The number of carbonyl (C=O) groups is 1. The van der Waals surface area contributed by atoms with Crippen LogP contribution < -0.4 is 5.43 Å². The minimum Gasteiger partial charge on any atom is -0.281 e. The van der Waals surface area contributed by atoms with Crippen molar-refractivity contribution in [2.24, 2.45) is 5.10 Å². The summed E-state index contributed by atoms with van der Waals surface area (Å²) in [4.78, 5) is 15.8. The molecule has 1 amide bonds. The van der Waals surface area contributed by atoms with Gasteiger partial charge in [-0.05, 0) is 23.8 Å². The van der Waals surface area contributed by atoms with Gasteiger partial charge >= 0.3 is 0 Å². The summed E-state index contributed by atoms with van der Waals surface area (Å²) in [5.41, 5.74) is 4.45. The molecular formula is C14H17N5O. The molecule has 0 spiro atoms. The highest BCUT2D eigenvalue weighted by molar-refractivity contribution is 5.93. The molecule has 6 nitrogen and oxygen atoms in total. The van der Waals surface area contributed by atoms with Crippen molar-refractivity contribution >= 4 is 12.1 Å². The number of amides is 1. The van der Waals surface area contributed by atoms with Crippen LogP contribution in [0.4, 0.5) is 0 Å². The van der Waals surface area contributed by atoms with E-state index in [1.807, 2.05) is 20.8 Å². The predicted octanol–water partition coefficient (Wildman–Crippen LogP) is 1.87. The molecule has 0 aliphatic heterocycles. The Bertz CT molecular complexity index is 610. The highest BCUT2D eigenvalue weighted by Gasteiger charge is 2.18. The molecule has 2 aromatic rings. The van der Waals surface area contributed by atoms with Gasteiger partial charge in [0.25, 0.3) is 5.91 Å². The second-order valence-corrected chi connectivity index (χ2v) is 5.40. The van der Waals surface area contributed by atoms with Gasteiger partial charge < -0.3 is 0 Å². The number of H-pyrrole nitrogens is 1. The van der Waals surface area contributed by atoms with Crippen LogP contribution in [-0.4, -0.2) is 27.3 Å². The molecule has 2 rings (SSSR count). The Morgan fingerprint density at radius 1 is 1.35 bits per heavy atom. The fraction of sp³-hybridized carbons (Fsp3) is 0.286. The monoisotopic (exact) mass is 271 g/mol. The van der Waals surface area contributed by atoms with E-state index >= 15 is 0 Å². The molecule has 2 N–H and O–H groups in total. The molecule has 0 unspecified atom stereocenters. The summed E-state index contributed by atoms with van der Waals surface area (Å²) >= 11 is 0. The number of carbonyl (C=O) groups excluding carboxylic acids is 1. The van der Waals surface area contributed by atoms with E-state index < -0.39 is 0 Å². The molecule has 0 atom stereocenters. The summed E-state index contributed by atoms with van der Waals surface area (Å²) < 4.78 is 0. The predicted molar refractivity (Wildman–Crippen MR) is 76.6 cm³/mol. The minimum absolute atomic E-state index is 0.0775. The zero-order chi connectivity index (χ0) is 14.6. The fourth-order valence-electron chi connectivity index (χ4n) is 1.49. The highest BCUT2D eigenvalue weighted by atomic mass is 16.2. The van der Waals surface area contributed by atoms with Crippen molar-refractivity contribution in [3.05, 3.63) is 47.5 Å². The number of hydrazone groups is 1. The summed E-state index contributed by atoms with van der Waals surface area (Å²) in [6.07, 6.45) is 4.87. The van der Waals surface area contributed by atoms with Gasteiger partial charge in [0.2, 0.25) is 0 Å². The highest BCUT2D eigenvalue weighted by Crippen LogP contribution is 2.20. The third kappa shape index (κ3) is 3.50. The average molecular weight is 271 g/mol. The molecule has 0 fully saturated rings. The van der Waals surface area contributed by atoms with Gasteiger partial charge in [-0.2, -0.15) is 10.2 Å². The van der Waals surface area contributed by atoms with Crippen LogP contribution in [0.1, 0.15) is 42.5 Å². The average Bonchev–Trinajstić information content (AvgIpc) is 2.89. The molecule has 0 aliphatic rings. The number of rotatable bonds is 3. The molecular weight excluding hydrogens is 254 g/mol. The molecule has 0 saturated heterocycles. The Kier molecular flexibility index (Phi) is 3.93. The van der Waals surface area contributed by atoms with Crippen LogP contribution in [0.3, 0.4) is 0 Å². The molecule has 0 aromatic carbocycles. The maximum absolute atomic E-state index is 11.9. The number of hydrogen-bond donors (Lipinski definition) is 2. The van der Waals surface area contributed by atoms with Gasteiger partial charge in [-0.15, -0.1) is 0 Å². The van der Waals surface area contributed by atoms with E-state index in [9.17, 15) is 4.79 Å². The van der Waals surface area contributed by atoms with Crippen molar-refractivity contribution in [2.45, 2.75) is 26.2 Å². The van der Waals surface area contributed by atoms with Gasteiger partial charge in [0.1, 0.15) is 0 Å². The lowest BCUT2D eigenvalue weighted by Crippen LogP contribution is -2.18. The Morgan fingerprint density at radius 2 is 2.05 bits per heavy atom. The van der Waals surface area contributed by atoms with Gasteiger partial charge in [-0.3, -0.25) is 14.9 Å². The van der Waals surface area contributed by atoms with Gasteiger partial charge in [-0.1, -0.05) is 20.8 Å². The normalized spacial score (nSPS) is 11.8. The standard InChI is InChI=1S/C14H17N5O/c1-14(2,3)12-8-11(17-18-12)13(20)19-16-9-10-4-6-15-7-5-10/h4-9H,1-3H3,(H,17,18)(H,19,20). The number of nitrogens with one attached hydrogen (secondary N) is 2. The molecule has 2 aromatic heterocycles. The van der Waals surface area contributed by atoms with Crippen LogP contribution >= 0.6 is 0 Å². The number of pyridine rings is 1. The number of hydrogen-bond acceptors (Lipinski definition) is 4. The largest absolute Gasteiger partial charge is 0.291 e. The Morgan fingerprint density at radius 3 is 2.65 bits per heavy atom. The van der Waals surface area contributed by atoms with Crippen LogP contribution in [0.2, 0.25) is 0 Å². The zero-order valence-electron chi connectivity index (χ0n) is 11.7. The minimum atomic E-state index is -0.345. The molecule has 20 heavy (non-hydrogen) atoms. The van der Waals surface area contributed by atoms with Crippen LogP contribution in [0.25, 0.3) is 0 Å². The van der Waals surface area contributed by atoms with Gasteiger partial charge in [0.05, 0.1) is 6.21 Å². The first-order valence-electron chi connectivity index (χ1n) is 6.26. The van der Waals surface area contributed by atoms with Crippen LogP contribution in [0, 0.1) is 0 Å². The topological polar surface area (TPSA) is 83.0 Å². The van der Waals surface area contributed by atoms with Crippen molar-refractivity contribution in [1.29, 1.82) is 0 Å². The Hall–Kier alpha value is -2.50. The second-order valence-electron chi connectivity index (χ2n) is 5.40. The van der Waals surface area contributed by atoms with Crippen LogP contribution in [0.15, 0.2) is 35.7 Å². The summed E-state index contributed by atoms with van der Waals surface area (Å²) in [7, 11) is 0. The van der Waals surface area contributed by atoms with E-state index in [0.717, 1.165) is 11.3 Å². The molecule has 0 aliphatic carbocycles. The maximum atomic E-state index is 11.9. The first-order chi connectivity index (χ1) is 9.47. The zero-order valence-corrected chi connectivity index (χ0v) is 11.7. The molecule has 104 valence electrons. The van der Waals surface area contributed by atoms with Crippen molar-refractivity contribution in [3.63, 3.8) is 0 Å². The third-order valence-corrected chi connectivity index (χ3v) is 2.70. The van der Waals surface area contributed by atoms with Crippen molar-refractivity contribution < 1.29 is 4.79 Å². The molecule has 0 bridgehead atoms. The molecule has 6 heteroatoms. The van der Waals surface area contributed by atoms with Gasteiger partial charge in [0.15, 0.2) is 5.69 Å². The molecule has 0 radical (unpaired) electrons. The van der Waals surface area contributed by atoms with Crippen molar-refractivity contribution in [3.8, 4) is 0 Å². The van der Waals surface area contributed by atoms with E-state index in [1.165, 1.54) is 0 Å². The first kappa shape index (κ1) is 13.9. The first-order valence-corrected chi connectivity index (χ1v) is 6.26. The Labute approximate surface area is 117 Å². The van der Waals surface area contributed by atoms with E-state index in [0.29, 0.717) is 5.69 Å². The lowest BCUT2D eigenvalue weighted by Gasteiger charge is -2.14. The summed E-state index contributed by atoms with van der Waals surface area (Å²) in [5.74, 6) is -0.345. The van der Waals surface area contributed by atoms with Crippen LogP contribution in [-0.2, 0) is 5.41 Å². The molecule has 0 saturated carbocycles. The molecule has 2 heterocycles. The SMILES string of the molecule is CC(C)(C)c1cc(C(=O)NN=Cc2ccncc2)n[nH]1. The summed E-state index contributed by atoms with van der Waals surface area (Å²) in [6.45, 7) is 6.14. The Balaban J connectivity index is 1.99. The number of aromatic amines is 1. The maximum Gasteiger partial charge on any atom is 0.291 e. The van der Waals surface area contributed by atoms with Crippen LogP contribution in [0.5, 0.6) is 0 Å². The van der Waals surface area contributed by atoms with Crippen molar-refractivity contribution in [2.75, 3.05) is 0 Å². The van der Waals surface area contributed by atoms with Gasteiger partial charge in [-0.25, -0.2) is 5.43 Å². The fourth-order valence-corrected chi connectivity index (χ4v) is 1.49. The van der Waals surface area contributed by atoms with Gasteiger partial charge in [0, 0.05) is 23.5 Å². The summed E-state index contributed by atoms with van der Waals surface area (Å²) in [6, 6.07) is 5.32. The number of nitrogens with zero attached hydrogens (tertiary/aromatic N) is 3. The second kappa shape index (κ2) is 5.64. The number of aromatic nitrogens is 3. The van der Waals surface area contributed by atoms with E-state index in [4.69, 9.17) is 0 Å². The third-order valence-electron chi connectivity index (χ3n) is 2.70. The van der Waals surface area contributed by atoms with E-state index in [-0.39, 0.29) is 11.3 Å². The van der Waals surface area contributed by atoms with E-state index in [1.54, 1.807) is 36.8 Å². The van der Waals surface area contributed by atoms with E-state index in [2.05, 4.69) is 25.7 Å². The van der Waals surface area contributed by atoms with Crippen molar-refractivity contribution in [1.82, 2.24) is 20.6 Å².